The van der Waals surface area contributed by atoms with E-state index < -0.39 is 34.9 Å². The van der Waals surface area contributed by atoms with Gasteiger partial charge in [0.1, 0.15) is 0 Å². The van der Waals surface area contributed by atoms with E-state index in [0.29, 0.717) is 15.3 Å². The molecule has 2 amide bonds. The van der Waals surface area contributed by atoms with Gasteiger partial charge in [-0.3, -0.25) is 14.3 Å². The van der Waals surface area contributed by atoms with E-state index in [-0.39, 0.29) is 24.2 Å². The number of rotatable bonds is 2. The van der Waals surface area contributed by atoms with Crippen LogP contribution in [0.15, 0.2) is 48.9 Å². The Kier molecular flexibility index (Phi) is 4.47. The number of alkyl halides is 3. The van der Waals surface area contributed by atoms with Crippen LogP contribution in [0.3, 0.4) is 0 Å². The number of benzene rings is 1. The summed E-state index contributed by atoms with van der Waals surface area (Å²) in [6, 6.07) is 7.60. The average molecular weight is 478 g/mol. The van der Waals surface area contributed by atoms with Gasteiger partial charge < -0.3 is 15.0 Å². The van der Waals surface area contributed by atoms with E-state index in [4.69, 9.17) is 11.6 Å². The van der Waals surface area contributed by atoms with Crippen molar-refractivity contribution < 1.29 is 27.5 Å². The molecule has 12 heteroatoms. The van der Waals surface area contributed by atoms with Crippen molar-refractivity contribution in [1.29, 1.82) is 0 Å². The second-order valence-electron chi connectivity index (χ2n) is 7.79. The van der Waals surface area contributed by atoms with E-state index in [1.165, 1.54) is 29.1 Å². The molecule has 0 aliphatic carbocycles. The Hall–Kier alpha value is -3.60. The van der Waals surface area contributed by atoms with Crippen LogP contribution in [0.5, 0.6) is 0 Å². The second kappa shape index (κ2) is 6.95. The van der Waals surface area contributed by atoms with Gasteiger partial charge in [0.2, 0.25) is 0 Å². The summed E-state index contributed by atoms with van der Waals surface area (Å²) in [7, 11) is 1.28. The zero-order valence-electron chi connectivity index (χ0n) is 17.0. The molecule has 0 saturated carbocycles. The van der Waals surface area contributed by atoms with Gasteiger partial charge >= 0.3 is 6.18 Å². The smallest absolute Gasteiger partial charge is 0.435 e. The number of nitrogens with zero attached hydrogens (tertiary/aromatic N) is 5. The van der Waals surface area contributed by atoms with Crippen LogP contribution in [0.4, 0.5) is 13.2 Å². The van der Waals surface area contributed by atoms with Gasteiger partial charge in [-0.1, -0.05) is 23.7 Å². The molecule has 33 heavy (non-hydrogen) atoms. The molecule has 0 N–H and O–H groups in total. The van der Waals surface area contributed by atoms with Gasteiger partial charge in [0.15, 0.2) is 23.8 Å². The molecular weight excluding hydrogens is 463 g/mol. The zero-order valence-corrected chi connectivity index (χ0v) is 17.8. The molecule has 1 aromatic carbocycles. The number of hydrogen-bond donors (Lipinski definition) is 0. The summed E-state index contributed by atoms with van der Waals surface area (Å²) >= 11 is 6.03. The molecule has 0 spiro atoms. The van der Waals surface area contributed by atoms with E-state index >= 15 is 0 Å². The number of aromatic nitrogens is 3. The first-order valence-electron chi connectivity index (χ1n) is 9.79. The quantitative estimate of drug-likeness (QED) is 0.419. The van der Waals surface area contributed by atoms with Crippen molar-refractivity contribution in [2.75, 3.05) is 13.1 Å². The molecule has 2 aromatic heterocycles. The highest BCUT2D eigenvalue weighted by atomic mass is 35.5. The van der Waals surface area contributed by atoms with E-state index in [9.17, 15) is 28.0 Å². The van der Waals surface area contributed by atoms with E-state index in [1.54, 1.807) is 24.3 Å². The Balaban J connectivity index is 1.77. The molecule has 1 saturated heterocycles. The highest BCUT2D eigenvalue weighted by Gasteiger charge is 2.61. The molecule has 2 aliphatic rings. The monoisotopic (exact) mass is 477 g/mol. The molecule has 170 valence electrons. The highest BCUT2D eigenvalue weighted by molar-refractivity contribution is 6.30. The number of carbonyl (C=O) groups excluding carboxylic acids is 2. The fourth-order valence-corrected chi connectivity index (χ4v) is 4.82. The first-order valence-corrected chi connectivity index (χ1v) is 10.2. The number of carbonyl (C=O) groups is 2. The van der Waals surface area contributed by atoms with Crippen LogP contribution < -0.4 is 4.73 Å². The molecule has 0 radical (unpaired) electrons. The third-order valence-electron chi connectivity index (χ3n) is 5.93. The van der Waals surface area contributed by atoms with Gasteiger partial charge in [0, 0.05) is 43.0 Å². The van der Waals surface area contributed by atoms with Crippen molar-refractivity contribution in [2.45, 2.75) is 11.8 Å². The lowest BCUT2D eigenvalue weighted by Crippen LogP contribution is -2.52. The van der Waals surface area contributed by atoms with Crippen molar-refractivity contribution in [3.05, 3.63) is 87.1 Å². The van der Waals surface area contributed by atoms with Crippen molar-refractivity contribution in [1.82, 2.24) is 19.6 Å². The third-order valence-corrected chi connectivity index (χ3v) is 6.19. The maximum absolute atomic E-state index is 13.6. The molecule has 5 rings (SSSR count). The standard InChI is InChI=1S/C21H15ClF3N5O3/c1-27-10-15(17(26-27)21(23,24)25)19(32)30-9-8-29-18(31)14-6-7-28(33)11-16(14)20(29,30)12-2-4-13(22)5-3-12/h2-7,10-11H,8-9H2,1H3/t20-/m0/s1. The Bertz CT molecular complexity index is 1310. The minimum absolute atomic E-state index is 0.0490. The molecule has 0 unspecified atom stereocenters. The molecule has 2 aliphatic heterocycles. The Morgan fingerprint density at radius 2 is 1.91 bits per heavy atom. The van der Waals surface area contributed by atoms with Crippen molar-refractivity contribution >= 4 is 23.4 Å². The van der Waals surface area contributed by atoms with Gasteiger partial charge in [-0.2, -0.15) is 23.0 Å². The SMILES string of the molecule is Cn1cc(C(=O)N2CCN3C(=O)c4cc[n+]([O-])cc4[C@@]32c2ccc(Cl)cc2)c(C(F)(F)F)n1. The van der Waals surface area contributed by atoms with E-state index in [2.05, 4.69) is 5.10 Å². The largest absolute Gasteiger partial charge is 0.619 e. The summed E-state index contributed by atoms with van der Waals surface area (Å²) in [6.07, 6.45) is -1.54. The molecular formula is C21H15ClF3N5O3. The van der Waals surface area contributed by atoms with Crippen LogP contribution in [-0.2, 0) is 18.9 Å². The third kappa shape index (κ3) is 2.92. The lowest BCUT2D eigenvalue weighted by Gasteiger charge is -2.39. The lowest BCUT2D eigenvalue weighted by atomic mass is 9.90. The highest BCUT2D eigenvalue weighted by Crippen LogP contribution is 2.50. The second-order valence-corrected chi connectivity index (χ2v) is 8.22. The number of halogens is 4. The van der Waals surface area contributed by atoms with Crippen LogP contribution in [0, 0.1) is 5.21 Å². The van der Waals surface area contributed by atoms with Crippen molar-refractivity contribution in [2.24, 2.45) is 7.05 Å². The molecule has 8 nitrogen and oxygen atoms in total. The topological polar surface area (TPSA) is 85.4 Å². The van der Waals surface area contributed by atoms with Gasteiger partial charge in [-0.05, 0) is 12.1 Å². The minimum atomic E-state index is -4.86. The van der Waals surface area contributed by atoms with Gasteiger partial charge in [0.05, 0.1) is 16.7 Å². The Labute approximate surface area is 190 Å². The maximum Gasteiger partial charge on any atom is 0.435 e. The summed E-state index contributed by atoms with van der Waals surface area (Å²) in [5, 5.41) is 16.0. The van der Waals surface area contributed by atoms with Gasteiger partial charge in [0.25, 0.3) is 11.8 Å². The van der Waals surface area contributed by atoms with Crippen LogP contribution >= 0.6 is 11.6 Å². The molecule has 3 aromatic rings. The van der Waals surface area contributed by atoms with Crippen LogP contribution in [0.1, 0.15) is 37.5 Å². The van der Waals surface area contributed by atoms with Crippen molar-refractivity contribution in [3.63, 3.8) is 0 Å². The van der Waals surface area contributed by atoms with E-state index in [1.807, 2.05) is 0 Å². The molecule has 0 bridgehead atoms. The predicted octanol–water partition coefficient (Wildman–Crippen LogP) is 2.54. The molecule has 4 heterocycles. The van der Waals surface area contributed by atoms with Crippen molar-refractivity contribution in [3.8, 4) is 0 Å². The maximum atomic E-state index is 13.6. The number of aryl methyl sites for hydroxylation is 1. The zero-order chi connectivity index (χ0) is 23.7. The fourth-order valence-electron chi connectivity index (χ4n) is 4.69. The van der Waals surface area contributed by atoms with Crippen LogP contribution in [-0.4, -0.2) is 44.5 Å². The fraction of sp³-hybridized carbons (Fsp3) is 0.238. The molecule has 1 atom stereocenters. The number of fused-ring (bicyclic) bond motifs is 3. The summed E-state index contributed by atoms with van der Waals surface area (Å²) < 4.78 is 42.3. The number of hydrogen-bond acceptors (Lipinski definition) is 4. The summed E-state index contributed by atoms with van der Waals surface area (Å²) in [5.74, 6) is -1.40. The summed E-state index contributed by atoms with van der Waals surface area (Å²) in [5.41, 5.74) is -2.77. The summed E-state index contributed by atoms with van der Waals surface area (Å²) in [6.45, 7) is 0.00886. The number of amides is 2. The van der Waals surface area contributed by atoms with Gasteiger partial charge in [-0.15, -0.1) is 0 Å². The van der Waals surface area contributed by atoms with E-state index in [0.717, 1.165) is 17.1 Å². The Morgan fingerprint density at radius 3 is 2.58 bits per heavy atom. The normalized spacial score (nSPS) is 19.7. The predicted molar refractivity (Wildman–Crippen MR) is 108 cm³/mol. The Morgan fingerprint density at radius 1 is 1.21 bits per heavy atom. The minimum Gasteiger partial charge on any atom is -0.619 e. The molecule has 1 fully saturated rings. The van der Waals surface area contributed by atoms with Crippen LogP contribution in [0.2, 0.25) is 5.02 Å². The first-order chi connectivity index (χ1) is 15.5. The van der Waals surface area contributed by atoms with Crippen LogP contribution in [0.25, 0.3) is 0 Å². The van der Waals surface area contributed by atoms with Gasteiger partial charge in [-0.25, -0.2) is 0 Å². The number of pyridine rings is 1. The summed E-state index contributed by atoms with van der Waals surface area (Å²) in [4.78, 5) is 29.4. The first kappa shape index (κ1) is 21.3. The lowest BCUT2D eigenvalue weighted by molar-refractivity contribution is -0.606. The average Bonchev–Trinajstić information content (AvgIpc) is 3.40.